The van der Waals surface area contributed by atoms with Crippen molar-refractivity contribution in [2.24, 2.45) is 0 Å². The van der Waals surface area contributed by atoms with Gasteiger partial charge >= 0.3 is 6.03 Å². The summed E-state index contributed by atoms with van der Waals surface area (Å²) in [6.07, 6.45) is 2.65. The lowest BCUT2D eigenvalue weighted by atomic mass is 9.92. The van der Waals surface area contributed by atoms with E-state index >= 15 is 0 Å². The lowest BCUT2D eigenvalue weighted by Gasteiger charge is -2.22. The van der Waals surface area contributed by atoms with Crippen LogP contribution in [0, 0.1) is 6.92 Å². The zero-order valence-corrected chi connectivity index (χ0v) is 18.0. The van der Waals surface area contributed by atoms with Gasteiger partial charge in [-0.3, -0.25) is 14.5 Å². The Morgan fingerprint density at radius 2 is 1.91 bits per heavy atom. The van der Waals surface area contributed by atoms with Crippen molar-refractivity contribution >= 4 is 23.5 Å². The van der Waals surface area contributed by atoms with Crippen LogP contribution in [0.5, 0.6) is 11.6 Å². The molecule has 0 saturated carbocycles. The predicted octanol–water partition coefficient (Wildman–Crippen LogP) is 3.51. The number of pyridine rings is 1. The average Bonchev–Trinajstić information content (AvgIpc) is 3.30. The molecule has 1 fully saturated rings. The molecule has 166 valence electrons. The summed E-state index contributed by atoms with van der Waals surface area (Å²) in [4.78, 5) is 43.5. The van der Waals surface area contributed by atoms with Gasteiger partial charge in [0.05, 0.1) is 11.9 Å². The van der Waals surface area contributed by atoms with Gasteiger partial charge < -0.3 is 15.4 Å². The van der Waals surface area contributed by atoms with E-state index in [0.717, 1.165) is 21.6 Å². The van der Waals surface area contributed by atoms with Gasteiger partial charge in [0.15, 0.2) is 0 Å². The fourth-order valence-corrected chi connectivity index (χ4v) is 4.32. The van der Waals surface area contributed by atoms with Gasteiger partial charge in [0.25, 0.3) is 5.91 Å². The minimum Gasteiger partial charge on any atom is -0.439 e. The van der Waals surface area contributed by atoms with Crippen molar-refractivity contribution in [1.29, 1.82) is 0 Å². The maximum absolute atomic E-state index is 13.2. The monoisotopic (exact) mass is 442 g/mol. The summed E-state index contributed by atoms with van der Waals surface area (Å²) in [5.41, 5.74) is 2.33. The Morgan fingerprint density at radius 1 is 1.12 bits per heavy atom. The molecule has 0 radical (unpaired) electrons. The number of urea groups is 1. The molecule has 1 spiro atoms. The third-order valence-electron chi connectivity index (χ3n) is 5.99. The van der Waals surface area contributed by atoms with Crippen LogP contribution in [0.1, 0.15) is 23.1 Å². The van der Waals surface area contributed by atoms with Crippen molar-refractivity contribution in [1.82, 2.24) is 15.2 Å². The summed E-state index contributed by atoms with van der Waals surface area (Å²) in [5, 5.41) is 5.49. The maximum Gasteiger partial charge on any atom is 0.325 e. The van der Waals surface area contributed by atoms with E-state index in [-0.39, 0.29) is 6.54 Å². The van der Waals surface area contributed by atoms with Crippen molar-refractivity contribution in [3.05, 3.63) is 83.6 Å². The standard InChI is InChI=1S/C25H22N4O4/c1-16-6-9-19(10-7-16)33-22-11-8-18(14-26-22)27-21(30)15-29-23(31)25(28-24(29)32)13-12-17-4-2-3-5-20(17)25/h2-11,14H,12-13,15H2,1H3,(H,27,30)(H,28,32). The Labute approximate surface area is 190 Å². The van der Waals surface area contributed by atoms with Gasteiger partial charge in [0, 0.05) is 6.07 Å². The maximum atomic E-state index is 13.2. The molecule has 2 aromatic carbocycles. The quantitative estimate of drug-likeness (QED) is 0.589. The van der Waals surface area contributed by atoms with Crippen molar-refractivity contribution in [3.8, 4) is 11.6 Å². The minimum atomic E-state index is -1.08. The van der Waals surface area contributed by atoms with Gasteiger partial charge in [-0.1, -0.05) is 42.0 Å². The minimum absolute atomic E-state index is 0.379. The molecule has 1 saturated heterocycles. The van der Waals surface area contributed by atoms with E-state index < -0.39 is 23.4 Å². The van der Waals surface area contributed by atoms with Crippen LogP contribution in [0.25, 0.3) is 0 Å². The number of aromatic nitrogens is 1. The van der Waals surface area contributed by atoms with Crippen LogP contribution in [-0.4, -0.2) is 34.3 Å². The summed E-state index contributed by atoms with van der Waals surface area (Å²) in [5.74, 6) is 0.155. The summed E-state index contributed by atoms with van der Waals surface area (Å²) >= 11 is 0. The number of aryl methyl sites for hydroxylation is 2. The van der Waals surface area contributed by atoms with Gasteiger partial charge in [-0.2, -0.15) is 0 Å². The zero-order chi connectivity index (χ0) is 23.0. The van der Waals surface area contributed by atoms with Crippen LogP contribution in [0.4, 0.5) is 10.5 Å². The first kappa shape index (κ1) is 20.7. The molecule has 2 heterocycles. The lowest BCUT2D eigenvalue weighted by molar-refractivity contribution is -0.134. The number of carbonyl (C=O) groups is 3. The highest BCUT2D eigenvalue weighted by Gasteiger charge is 2.55. The Balaban J connectivity index is 1.23. The molecule has 3 aromatic rings. The molecule has 8 heteroatoms. The first-order valence-electron chi connectivity index (χ1n) is 10.7. The van der Waals surface area contributed by atoms with Gasteiger partial charge in [-0.05, 0) is 49.1 Å². The zero-order valence-electron chi connectivity index (χ0n) is 18.0. The predicted molar refractivity (Wildman–Crippen MR) is 121 cm³/mol. The molecule has 1 aliphatic carbocycles. The molecular formula is C25H22N4O4. The molecule has 5 rings (SSSR count). The number of hydrogen-bond acceptors (Lipinski definition) is 5. The van der Waals surface area contributed by atoms with Crippen molar-refractivity contribution in [3.63, 3.8) is 0 Å². The second-order valence-corrected chi connectivity index (χ2v) is 8.23. The first-order valence-corrected chi connectivity index (χ1v) is 10.7. The van der Waals surface area contributed by atoms with E-state index in [9.17, 15) is 14.4 Å². The Bertz CT molecular complexity index is 1240. The summed E-state index contributed by atoms with van der Waals surface area (Å²) in [6, 6.07) is 17.9. The number of anilines is 1. The molecule has 1 aromatic heterocycles. The van der Waals surface area contributed by atoms with E-state index in [1.165, 1.54) is 6.20 Å². The number of ether oxygens (including phenoxy) is 1. The number of benzene rings is 2. The second kappa shape index (κ2) is 8.05. The summed E-state index contributed by atoms with van der Waals surface area (Å²) in [7, 11) is 0. The van der Waals surface area contributed by atoms with Crippen LogP contribution < -0.4 is 15.4 Å². The molecule has 33 heavy (non-hydrogen) atoms. The molecule has 1 aliphatic heterocycles. The van der Waals surface area contributed by atoms with Gasteiger partial charge in [0.2, 0.25) is 11.8 Å². The molecule has 0 bridgehead atoms. The number of amides is 4. The second-order valence-electron chi connectivity index (χ2n) is 8.23. The van der Waals surface area contributed by atoms with Crippen molar-refractivity contribution < 1.29 is 19.1 Å². The molecule has 1 atom stereocenters. The van der Waals surface area contributed by atoms with Crippen LogP contribution in [-0.2, 0) is 21.5 Å². The van der Waals surface area contributed by atoms with Crippen LogP contribution in [0.2, 0.25) is 0 Å². The van der Waals surface area contributed by atoms with E-state index in [0.29, 0.717) is 30.2 Å². The number of hydrogen-bond donors (Lipinski definition) is 2. The van der Waals surface area contributed by atoms with E-state index in [2.05, 4.69) is 15.6 Å². The fraction of sp³-hybridized carbons (Fsp3) is 0.200. The Kier molecular flexibility index (Phi) is 5.05. The average molecular weight is 442 g/mol. The van der Waals surface area contributed by atoms with Crippen molar-refractivity contribution in [2.75, 3.05) is 11.9 Å². The largest absolute Gasteiger partial charge is 0.439 e. The third kappa shape index (κ3) is 3.80. The van der Waals surface area contributed by atoms with Gasteiger partial charge in [-0.15, -0.1) is 0 Å². The normalized spacial score (nSPS) is 18.9. The Morgan fingerprint density at radius 3 is 2.67 bits per heavy atom. The summed E-state index contributed by atoms with van der Waals surface area (Å²) < 4.78 is 5.68. The van der Waals surface area contributed by atoms with E-state index in [1.54, 1.807) is 12.1 Å². The fourth-order valence-electron chi connectivity index (χ4n) is 4.32. The number of rotatable bonds is 5. The van der Waals surface area contributed by atoms with Crippen LogP contribution >= 0.6 is 0 Å². The highest BCUT2D eigenvalue weighted by Crippen LogP contribution is 2.41. The molecule has 1 unspecified atom stereocenters. The molecular weight excluding hydrogens is 420 g/mol. The van der Waals surface area contributed by atoms with E-state index in [1.807, 2.05) is 55.5 Å². The van der Waals surface area contributed by atoms with Gasteiger partial charge in [0.1, 0.15) is 17.8 Å². The van der Waals surface area contributed by atoms with E-state index in [4.69, 9.17) is 4.74 Å². The highest BCUT2D eigenvalue weighted by atomic mass is 16.5. The molecule has 8 nitrogen and oxygen atoms in total. The van der Waals surface area contributed by atoms with Crippen LogP contribution in [0.15, 0.2) is 66.9 Å². The van der Waals surface area contributed by atoms with Gasteiger partial charge in [-0.25, -0.2) is 9.78 Å². The first-order chi connectivity index (χ1) is 15.9. The highest BCUT2D eigenvalue weighted by molar-refractivity contribution is 6.10. The molecule has 4 amide bonds. The smallest absolute Gasteiger partial charge is 0.325 e. The Hall–Kier alpha value is -4.20. The molecule has 2 aliphatic rings. The number of nitrogens with one attached hydrogen (secondary N) is 2. The van der Waals surface area contributed by atoms with Crippen molar-refractivity contribution in [2.45, 2.75) is 25.3 Å². The SMILES string of the molecule is Cc1ccc(Oc2ccc(NC(=O)CN3C(=O)NC4(CCc5ccccc54)C3=O)cn2)cc1. The number of imide groups is 1. The van der Waals surface area contributed by atoms with Crippen LogP contribution in [0.3, 0.4) is 0 Å². The number of carbonyl (C=O) groups excluding carboxylic acids is 3. The lowest BCUT2D eigenvalue weighted by Crippen LogP contribution is -2.43. The number of nitrogens with zero attached hydrogens (tertiary/aromatic N) is 2. The topological polar surface area (TPSA) is 101 Å². The molecule has 2 N–H and O–H groups in total. The number of fused-ring (bicyclic) bond motifs is 2. The summed E-state index contributed by atoms with van der Waals surface area (Å²) in [6.45, 7) is 1.61. The third-order valence-corrected chi connectivity index (χ3v) is 5.99.